The molecule has 0 saturated heterocycles. The van der Waals surface area contributed by atoms with E-state index in [4.69, 9.17) is 27.9 Å². The third-order valence-electron chi connectivity index (χ3n) is 4.33. The van der Waals surface area contributed by atoms with Crippen molar-refractivity contribution in [3.8, 4) is 5.75 Å². The van der Waals surface area contributed by atoms with E-state index in [1.165, 1.54) is 17.0 Å². The normalized spacial score (nSPS) is 13.0. The van der Waals surface area contributed by atoms with Gasteiger partial charge in [-0.2, -0.15) is 0 Å². The molecule has 1 heterocycles. The number of carbonyl (C=O) groups is 3. The minimum atomic E-state index is -0.562. The molecule has 8 heteroatoms. The molecule has 2 aromatic carbocycles. The van der Waals surface area contributed by atoms with Gasteiger partial charge in [0.25, 0.3) is 11.8 Å². The standard InChI is InChI=1S/C19H16Cl2N2O4/c1-22(9-11-5-3-4-6-16(11)27-2)17(24)10-23-18(25)12-7-14(20)15(21)8-13(12)19(23)26/h3-8H,9-10H2,1-2H3. The number of hydrogen-bond acceptors (Lipinski definition) is 4. The molecule has 1 aliphatic rings. The van der Waals surface area contributed by atoms with Gasteiger partial charge >= 0.3 is 0 Å². The molecule has 0 spiro atoms. The van der Waals surface area contributed by atoms with E-state index in [1.807, 2.05) is 18.2 Å². The summed E-state index contributed by atoms with van der Waals surface area (Å²) in [6.07, 6.45) is 0. The number of likely N-dealkylation sites (N-methyl/N-ethyl adjacent to an activating group) is 1. The zero-order chi connectivity index (χ0) is 19.7. The molecular formula is C19H16Cl2N2O4. The Morgan fingerprint density at radius 2 is 1.63 bits per heavy atom. The number of imide groups is 1. The van der Waals surface area contributed by atoms with Gasteiger partial charge in [-0.15, -0.1) is 0 Å². The number of rotatable bonds is 5. The highest BCUT2D eigenvalue weighted by molar-refractivity contribution is 6.43. The van der Waals surface area contributed by atoms with Crippen LogP contribution in [0.4, 0.5) is 0 Å². The number of amides is 3. The topological polar surface area (TPSA) is 66.9 Å². The van der Waals surface area contributed by atoms with Gasteiger partial charge in [-0.05, 0) is 18.2 Å². The molecule has 0 N–H and O–H groups in total. The maximum absolute atomic E-state index is 12.6. The highest BCUT2D eigenvalue weighted by atomic mass is 35.5. The number of para-hydroxylation sites is 1. The van der Waals surface area contributed by atoms with Gasteiger partial charge in [0.15, 0.2) is 0 Å². The fourth-order valence-electron chi connectivity index (χ4n) is 2.86. The molecule has 0 atom stereocenters. The predicted octanol–water partition coefficient (Wildman–Crippen LogP) is 3.26. The Balaban J connectivity index is 1.74. The molecular weight excluding hydrogens is 391 g/mol. The van der Waals surface area contributed by atoms with Crippen LogP contribution in [-0.2, 0) is 11.3 Å². The van der Waals surface area contributed by atoms with Crippen LogP contribution in [0.15, 0.2) is 36.4 Å². The van der Waals surface area contributed by atoms with Crippen molar-refractivity contribution in [3.05, 3.63) is 63.1 Å². The van der Waals surface area contributed by atoms with Gasteiger partial charge in [0.05, 0.1) is 28.3 Å². The number of halogens is 2. The highest BCUT2D eigenvalue weighted by Gasteiger charge is 2.37. The second-order valence-corrected chi connectivity index (χ2v) is 6.88. The first-order chi connectivity index (χ1) is 12.8. The van der Waals surface area contributed by atoms with Gasteiger partial charge in [0.2, 0.25) is 5.91 Å². The van der Waals surface area contributed by atoms with Crippen molar-refractivity contribution in [2.45, 2.75) is 6.54 Å². The summed E-state index contributed by atoms with van der Waals surface area (Å²) >= 11 is 11.9. The molecule has 0 bridgehead atoms. The van der Waals surface area contributed by atoms with E-state index in [1.54, 1.807) is 20.2 Å². The Kier molecular flexibility index (Phi) is 5.39. The average molecular weight is 407 g/mol. The molecule has 3 rings (SSSR count). The molecule has 27 heavy (non-hydrogen) atoms. The van der Waals surface area contributed by atoms with Crippen LogP contribution in [0.1, 0.15) is 26.3 Å². The van der Waals surface area contributed by atoms with Gasteiger partial charge < -0.3 is 9.64 Å². The van der Waals surface area contributed by atoms with Crippen LogP contribution in [0.25, 0.3) is 0 Å². The lowest BCUT2D eigenvalue weighted by Gasteiger charge is -2.21. The lowest BCUT2D eigenvalue weighted by Crippen LogP contribution is -2.41. The van der Waals surface area contributed by atoms with Crippen molar-refractivity contribution in [3.63, 3.8) is 0 Å². The number of hydrogen-bond donors (Lipinski definition) is 0. The SMILES string of the molecule is COc1ccccc1CN(C)C(=O)CN1C(=O)c2cc(Cl)c(Cl)cc2C1=O. The molecule has 0 saturated carbocycles. The van der Waals surface area contributed by atoms with Crippen LogP contribution in [0.5, 0.6) is 5.75 Å². The van der Waals surface area contributed by atoms with E-state index in [0.29, 0.717) is 5.75 Å². The third kappa shape index (κ3) is 3.63. The van der Waals surface area contributed by atoms with Crippen molar-refractivity contribution in [2.75, 3.05) is 20.7 Å². The summed E-state index contributed by atoms with van der Waals surface area (Å²) in [4.78, 5) is 39.9. The number of carbonyl (C=O) groups excluding carboxylic acids is 3. The Labute approximate surface area is 166 Å². The monoisotopic (exact) mass is 406 g/mol. The van der Waals surface area contributed by atoms with E-state index in [-0.39, 0.29) is 40.2 Å². The number of methoxy groups -OCH3 is 1. The highest BCUT2D eigenvalue weighted by Crippen LogP contribution is 2.31. The Morgan fingerprint density at radius 1 is 1.07 bits per heavy atom. The van der Waals surface area contributed by atoms with E-state index < -0.39 is 11.8 Å². The summed E-state index contributed by atoms with van der Waals surface area (Å²) in [5, 5.41) is 0.357. The molecule has 0 radical (unpaired) electrons. The first kappa shape index (κ1) is 19.2. The summed E-state index contributed by atoms with van der Waals surface area (Å²) in [6.45, 7) is -0.0864. The summed E-state index contributed by atoms with van der Waals surface area (Å²) in [6, 6.07) is 10.0. The maximum atomic E-state index is 12.6. The minimum Gasteiger partial charge on any atom is -0.496 e. The molecule has 6 nitrogen and oxygen atoms in total. The molecule has 2 aromatic rings. The molecule has 0 unspecified atom stereocenters. The molecule has 140 valence electrons. The molecule has 3 amide bonds. The van der Waals surface area contributed by atoms with Gasteiger partial charge in [-0.25, -0.2) is 0 Å². The van der Waals surface area contributed by atoms with Crippen LogP contribution in [0, 0.1) is 0 Å². The fraction of sp³-hybridized carbons (Fsp3) is 0.211. The number of benzene rings is 2. The summed E-state index contributed by atoms with van der Waals surface area (Å²) in [5.74, 6) is -0.852. The largest absolute Gasteiger partial charge is 0.496 e. The second-order valence-electron chi connectivity index (χ2n) is 6.07. The van der Waals surface area contributed by atoms with Crippen molar-refractivity contribution in [1.29, 1.82) is 0 Å². The quantitative estimate of drug-likeness (QED) is 0.714. The zero-order valence-electron chi connectivity index (χ0n) is 14.7. The Hall–Kier alpha value is -2.57. The van der Waals surface area contributed by atoms with Crippen molar-refractivity contribution < 1.29 is 19.1 Å². The minimum absolute atomic E-state index is 0.148. The average Bonchev–Trinajstić information content (AvgIpc) is 2.87. The van der Waals surface area contributed by atoms with E-state index in [0.717, 1.165) is 10.5 Å². The molecule has 1 aliphatic heterocycles. The fourth-order valence-corrected chi connectivity index (χ4v) is 3.19. The third-order valence-corrected chi connectivity index (χ3v) is 5.05. The van der Waals surface area contributed by atoms with Crippen LogP contribution < -0.4 is 4.74 Å². The first-order valence-electron chi connectivity index (χ1n) is 8.04. The number of fused-ring (bicyclic) bond motifs is 1. The molecule has 0 aromatic heterocycles. The van der Waals surface area contributed by atoms with Crippen molar-refractivity contribution in [1.82, 2.24) is 9.80 Å². The van der Waals surface area contributed by atoms with Gasteiger partial charge in [-0.3, -0.25) is 19.3 Å². The van der Waals surface area contributed by atoms with E-state index in [9.17, 15) is 14.4 Å². The van der Waals surface area contributed by atoms with E-state index in [2.05, 4.69) is 0 Å². The van der Waals surface area contributed by atoms with Crippen molar-refractivity contribution >= 4 is 40.9 Å². The Bertz CT molecular complexity index is 904. The zero-order valence-corrected chi connectivity index (χ0v) is 16.2. The van der Waals surface area contributed by atoms with Gasteiger partial charge in [-0.1, -0.05) is 41.4 Å². The van der Waals surface area contributed by atoms with Crippen LogP contribution in [0.3, 0.4) is 0 Å². The van der Waals surface area contributed by atoms with Gasteiger partial charge in [0.1, 0.15) is 12.3 Å². The first-order valence-corrected chi connectivity index (χ1v) is 8.80. The smallest absolute Gasteiger partial charge is 0.262 e. The van der Waals surface area contributed by atoms with Gasteiger partial charge in [0, 0.05) is 19.2 Å². The molecule has 0 fully saturated rings. The summed E-state index contributed by atoms with van der Waals surface area (Å²) in [7, 11) is 3.15. The number of nitrogens with zero attached hydrogens (tertiary/aromatic N) is 2. The van der Waals surface area contributed by atoms with E-state index >= 15 is 0 Å². The predicted molar refractivity (Wildman–Crippen MR) is 101 cm³/mol. The summed E-state index contributed by atoms with van der Waals surface area (Å²) in [5.41, 5.74) is 1.11. The second kappa shape index (κ2) is 7.58. The lowest BCUT2D eigenvalue weighted by molar-refractivity contribution is -0.130. The Morgan fingerprint density at radius 3 is 2.19 bits per heavy atom. The van der Waals surface area contributed by atoms with Crippen LogP contribution >= 0.6 is 23.2 Å². The van der Waals surface area contributed by atoms with Crippen molar-refractivity contribution in [2.24, 2.45) is 0 Å². The number of ether oxygens (including phenoxy) is 1. The van der Waals surface area contributed by atoms with Crippen LogP contribution in [0.2, 0.25) is 10.0 Å². The van der Waals surface area contributed by atoms with Crippen LogP contribution in [-0.4, -0.2) is 48.2 Å². The summed E-state index contributed by atoms with van der Waals surface area (Å²) < 4.78 is 5.28. The maximum Gasteiger partial charge on any atom is 0.262 e. The molecule has 0 aliphatic carbocycles. The lowest BCUT2D eigenvalue weighted by atomic mass is 10.1.